The lowest BCUT2D eigenvalue weighted by Gasteiger charge is -2.22. The number of halogens is 1. The topological polar surface area (TPSA) is 12.0 Å². The van der Waals surface area contributed by atoms with Crippen LogP contribution in [0.2, 0.25) is 0 Å². The van der Waals surface area contributed by atoms with Gasteiger partial charge in [0.25, 0.3) is 0 Å². The molecule has 1 aliphatic heterocycles. The molecule has 1 aliphatic rings. The van der Waals surface area contributed by atoms with Crippen LogP contribution in [0.15, 0.2) is 0 Å². The Labute approximate surface area is 49.3 Å². The molecule has 1 heterocycles. The van der Waals surface area contributed by atoms with Crippen LogP contribution in [0.4, 0.5) is 4.39 Å². The number of alkyl halides is 1. The predicted octanol–water partition coefficient (Wildman–Crippen LogP) is 0.954. The van der Waals surface area contributed by atoms with Gasteiger partial charge in [0.05, 0.1) is 0 Å². The molecular formula is C6H12FN. The Kier molecular flexibility index (Phi) is 1.84. The van der Waals surface area contributed by atoms with Crippen LogP contribution in [0.1, 0.15) is 13.3 Å². The highest BCUT2D eigenvalue weighted by molar-refractivity contribution is 4.73. The maximum Gasteiger partial charge on any atom is 0.105 e. The lowest BCUT2D eigenvalue weighted by molar-refractivity contribution is 0.192. The molecule has 0 bridgehead atoms. The summed E-state index contributed by atoms with van der Waals surface area (Å²) in [7, 11) is 0. The maximum absolute atomic E-state index is 12.5. The fourth-order valence-corrected chi connectivity index (χ4v) is 0.982. The van der Waals surface area contributed by atoms with Gasteiger partial charge in [-0.25, -0.2) is 4.39 Å². The first-order valence-corrected chi connectivity index (χ1v) is 3.15. The minimum Gasteiger partial charge on any atom is -0.316 e. The van der Waals surface area contributed by atoms with Gasteiger partial charge in [-0.3, -0.25) is 0 Å². The van der Waals surface area contributed by atoms with E-state index in [4.69, 9.17) is 0 Å². The summed E-state index contributed by atoms with van der Waals surface area (Å²) >= 11 is 0. The first kappa shape index (κ1) is 6.02. The molecule has 0 aromatic carbocycles. The Morgan fingerprint density at radius 2 is 2.38 bits per heavy atom. The number of hydrogen-bond acceptors (Lipinski definition) is 1. The fraction of sp³-hybridized carbons (Fsp3) is 1.00. The zero-order valence-corrected chi connectivity index (χ0v) is 5.15. The molecular weight excluding hydrogens is 105 g/mol. The molecule has 2 atom stereocenters. The fourth-order valence-electron chi connectivity index (χ4n) is 0.982. The molecule has 1 N–H and O–H groups in total. The Morgan fingerprint density at radius 1 is 1.62 bits per heavy atom. The lowest BCUT2D eigenvalue weighted by atomic mass is 10.0. The zero-order valence-electron chi connectivity index (χ0n) is 5.15. The van der Waals surface area contributed by atoms with Gasteiger partial charge < -0.3 is 5.32 Å². The van der Waals surface area contributed by atoms with E-state index in [2.05, 4.69) is 5.32 Å². The van der Waals surface area contributed by atoms with Gasteiger partial charge in [0.15, 0.2) is 0 Å². The van der Waals surface area contributed by atoms with E-state index in [0.29, 0.717) is 6.42 Å². The zero-order chi connectivity index (χ0) is 5.98. The summed E-state index contributed by atoms with van der Waals surface area (Å²) in [4.78, 5) is 0. The second-order valence-corrected chi connectivity index (χ2v) is 2.49. The number of rotatable bonds is 0. The summed E-state index contributed by atoms with van der Waals surface area (Å²) in [6.45, 7) is 3.64. The van der Waals surface area contributed by atoms with Gasteiger partial charge in [-0.2, -0.15) is 0 Å². The van der Waals surface area contributed by atoms with Crippen LogP contribution in [0, 0.1) is 5.92 Å². The van der Waals surface area contributed by atoms with Crippen molar-refractivity contribution in [3.8, 4) is 0 Å². The van der Waals surface area contributed by atoms with Crippen molar-refractivity contribution in [2.75, 3.05) is 13.1 Å². The van der Waals surface area contributed by atoms with Crippen molar-refractivity contribution in [1.29, 1.82) is 0 Å². The van der Waals surface area contributed by atoms with Crippen LogP contribution in [0.3, 0.4) is 0 Å². The van der Waals surface area contributed by atoms with E-state index in [-0.39, 0.29) is 5.92 Å². The first-order chi connectivity index (χ1) is 3.80. The molecule has 1 saturated heterocycles. The quantitative estimate of drug-likeness (QED) is 0.498. The predicted molar refractivity (Wildman–Crippen MR) is 31.5 cm³/mol. The van der Waals surface area contributed by atoms with E-state index in [0.717, 1.165) is 13.1 Å². The summed E-state index contributed by atoms with van der Waals surface area (Å²) in [5, 5.41) is 3.12. The van der Waals surface area contributed by atoms with Crippen LogP contribution in [0.5, 0.6) is 0 Å². The summed E-state index contributed by atoms with van der Waals surface area (Å²) in [6, 6.07) is 0. The van der Waals surface area contributed by atoms with Crippen LogP contribution in [-0.2, 0) is 0 Å². The van der Waals surface area contributed by atoms with Crippen LogP contribution < -0.4 is 5.32 Å². The molecule has 0 saturated carbocycles. The van der Waals surface area contributed by atoms with Gasteiger partial charge in [-0.15, -0.1) is 0 Å². The Morgan fingerprint density at radius 3 is 2.75 bits per heavy atom. The standard InChI is InChI=1S/C6H12FN/c1-5-4-8-3-2-6(5)7/h5-6,8H,2-4H2,1H3/t5-,6-/m1/s1. The molecule has 1 fully saturated rings. The average molecular weight is 117 g/mol. The van der Waals surface area contributed by atoms with E-state index < -0.39 is 6.17 Å². The molecule has 1 rings (SSSR count). The maximum atomic E-state index is 12.5. The largest absolute Gasteiger partial charge is 0.316 e. The second kappa shape index (κ2) is 2.44. The molecule has 8 heavy (non-hydrogen) atoms. The van der Waals surface area contributed by atoms with Crippen LogP contribution in [0.25, 0.3) is 0 Å². The third-order valence-corrected chi connectivity index (χ3v) is 1.68. The summed E-state index contributed by atoms with van der Waals surface area (Å²) in [5.41, 5.74) is 0. The molecule has 0 radical (unpaired) electrons. The molecule has 0 aliphatic carbocycles. The molecule has 48 valence electrons. The average Bonchev–Trinajstić information content (AvgIpc) is 1.77. The van der Waals surface area contributed by atoms with E-state index in [1.54, 1.807) is 0 Å². The van der Waals surface area contributed by atoms with Gasteiger partial charge in [-0.05, 0) is 18.9 Å². The summed E-state index contributed by atoms with van der Waals surface area (Å²) in [6.07, 6.45) is 0.137. The van der Waals surface area contributed by atoms with Gasteiger partial charge >= 0.3 is 0 Å². The number of nitrogens with one attached hydrogen (secondary N) is 1. The first-order valence-electron chi connectivity index (χ1n) is 3.15. The number of piperidine rings is 1. The van der Waals surface area contributed by atoms with Crippen molar-refractivity contribution in [3.63, 3.8) is 0 Å². The number of hydrogen-bond donors (Lipinski definition) is 1. The van der Waals surface area contributed by atoms with Crippen molar-refractivity contribution >= 4 is 0 Å². The Balaban J connectivity index is 2.28. The van der Waals surface area contributed by atoms with Gasteiger partial charge in [0.1, 0.15) is 6.17 Å². The lowest BCUT2D eigenvalue weighted by Crippen LogP contribution is -2.35. The normalized spacial score (nSPS) is 39.8. The summed E-state index contributed by atoms with van der Waals surface area (Å²) < 4.78 is 12.5. The van der Waals surface area contributed by atoms with Crippen LogP contribution >= 0.6 is 0 Å². The van der Waals surface area contributed by atoms with Crippen LogP contribution in [-0.4, -0.2) is 19.3 Å². The second-order valence-electron chi connectivity index (χ2n) is 2.49. The van der Waals surface area contributed by atoms with Gasteiger partial charge in [0, 0.05) is 6.54 Å². The molecule has 0 aromatic heterocycles. The van der Waals surface area contributed by atoms with Crippen molar-refractivity contribution in [1.82, 2.24) is 5.32 Å². The van der Waals surface area contributed by atoms with Crippen molar-refractivity contribution in [2.24, 2.45) is 5.92 Å². The highest BCUT2D eigenvalue weighted by atomic mass is 19.1. The van der Waals surface area contributed by atoms with Crippen molar-refractivity contribution in [3.05, 3.63) is 0 Å². The highest BCUT2D eigenvalue weighted by Crippen LogP contribution is 2.12. The molecule has 1 nitrogen and oxygen atoms in total. The minimum atomic E-state index is -0.559. The van der Waals surface area contributed by atoms with Crippen molar-refractivity contribution in [2.45, 2.75) is 19.5 Å². The van der Waals surface area contributed by atoms with E-state index >= 15 is 0 Å². The Hall–Kier alpha value is -0.110. The molecule has 0 amide bonds. The molecule has 2 heteroatoms. The van der Waals surface area contributed by atoms with E-state index in [1.807, 2.05) is 6.92 Å². The SMILES string of the molecule is C[C@@H]1CNCC[C@H]1F. The Bertz CT molecular complexity index is 64.9. The van der Waals surface area contributed by atoms with Gasteiger partial charge in [0.2, 0.25) is 0 Å². The van der Waals surface area contributed by atoms with E-state index in [9.17, 15) is 4.39 Å². The summed E-state index contributed by atoms with van der Waals surface area (Å²) in [5.74, 6) is 0.226. The minimum absolute atomic E-state index is 0.226. The molecule has 0 aromatic rings. The van der Waals surface area contributed by atoms with Gasteiger partial charge in [-0.1, -0.05) is 6.92 Å². The smallest absolute Gasteiger partial charge is 0.105 e. The monoisotopic (exact) mass is 117 g/mol. The van der Waals surface area contributed by atoms with E-state index in [1.165, 1.54) is 0 Å². The third-order valence-electron chi connectivity index (χ3n) is 1.68. The molecule has 0 unspecified atom stereocenters. The third kappa shape index (κ3) is 1.19. The molecule has 0 spiro atoms. The highest BCUT2D eigenvalue weighted by Gasteiger charge is 2.18. The van der Waals surface area contributed by atoms with Crippen molar-refractivity contribution < 1.29 is 4.39 Å².